The maximum Gasteiger partial charge on any atom is 0.418 e. The fourth-order valence-electron chi connectivity index (χ4n) is 1.89. The Bertz CT molecular complexity index is 492. The van der Waals surface area contributed by atoms with E-state index in [9.17, 15) is 18.0 Å². The lowest BCUT2D eigenvalue weighted by molar-refractivity contribution is -0.137. The summed E-state index contributed by atoms with van der Waals surface area (Å²) in [5, 5.41) is -0.255. The summed E-state index contributed by atoms with van der Waals surface area (Å²) in [6.07, 6.45) is -4.40. The van der Waals surface area contributed by atoms with Crippen LogP contribution in [0.1, 0.15) is 12.0 Å². The summed E-state index contributed by atoms with van der Waals surface area (Å²) in [5.41, 5.74) is -1.06. The van der Waals surface area contributed by atoms with Crippen LogP contribution in [0.25, 0.3) is 0 Å². The van der Waals surface area contributed by atoms with Gasteiger partial charge in [-0.1, -0.05) is 11.6 Å². The van der Waals surface area contributed by atoms with Gasteiger partial charge in [0.25, 0.3) is 0 Å². The van der Waals surface area contributed by atoms with Crippen molar-refractivity contribution in [2.45, 2.75) is 17.8 Å². The first-order chi connectivity index (χ1) is 8.29. The molecular formula is C11H9ClF3NOS. The second-order valence-electron chi connectivity index (χ2n) is 4.02. The van der Waals surface area contributed by atoms with Gasteiger partial charge in [0.05, 0.1) is 11.3 Å². The number of carbonyl (C=O) groups excluding carboxylic acids is 1. The molecule has 7 heteroatoms. The number of hydrogen-bond donors (Lipinski definition) is 1. The number of anilines is 1. The SMILES string of the molecule is O=C1CC(S)CN1c1ccc(Cl)cc1C(F)(F)F. The Morgan fingerprint density at radius 2 is 2.06 bits per heavy atom. The Morgan fingerprint density at radius 1 is 1.39 bits per heavy atom. The summed E-state index contributed by atoms with van der Waals surface area (Å²) < 4.78 is 38.7. The smallest absolute Gasteiger partial charge is 0.311 e. The van der Waals surface area contributed by atoms with Crippen LogP contribution in [-0.2, 0) is 11.0 Å². The molecule has 2 rings (SSSR count). The van der Waals surface area contributed by atoms with Crippen molar-refractivity contribution in [3.8, 4) is 0 Å². The van der Waals surface area contributed by atoms with Crippen LogP contribution in [0.15, 0.2) is 18.2 Å². The molecular weight excluding hydrogens is 287 g/mol. The van der Waals surface area contributed by atoms with Crippen LogP contribution in [0.2, 0.25) is 5.02 Å². The highest BCUT2D eigenvalue weighted by molar-refractivity contribution is 7.81. The number of nitrogens with zero attached hydrogens (tertiary/aromatic N) is 1. The third kappa shape index (κ3) is 2.59. The van der Waals surface area contributed by atoms with Gasteiger partial charge >= 0.3 is 6.18 Å². The van der Waals surface area contributed by atoms with Crippen molar-refractivity contribution < 1.29 is 18.0 Å². The molecule has 98 valence electrons. The fourth-order valence-corrected chi connectivity index (χ4v) is 2.38. The molecule has 0 aromatic heterocycles. The van der Waals surface area contributed by atoms with E-state index in [0.717, 1.165) is 11.0 Å². The predicted octanol–water partition coefficient (Wildman–Crippen LogP) is 3.39. The Morgan fingerprint density at radius 3 is 2.56 bits per heavy atom. The van der Waals surface area contributed by atoms with Crippen LogP contribution in [0.4, 0.5) is 18.9 Å². The lowest BCUT2D eigenvalue weighted by atomic mass is 10.1. The standard InChI is InChI=1S/C11H9ClF3NOS/c12-6-1-2-9(8(3-6)11(13,14)15)16-5-7(18)4-10(16)17/h1-3,7,18H,4-5H2. The zero-order valence-corrected chi connectivity index (χ0v) is 10.7. The highest BCUT2D eigenvalue weighted by Crippen LogP contribution is 2.39. The monoisotopic (exact) mass is 295 g/mol. The first-order valence-corrected chi connectivity index (χ1v) is 6.03. The van der Waals surface area contributed by atoms with Crippen molar-refractivity contribution in [3.05, 3.63) is 28.8 Å². The molecule has 1 aliphatic heterocycles. The molecule has 1 saturated heterocycles. The van der Waals surface area contributed by atoms with E-state index in [1.54, 1.807) is 0 Å². The fraction of sp³-hybridized carbons (Fsp3) is 0.364. The lowest BCUT2D eigenvalue weighted by Crippen LogP contribution is -2.27. The Hall–Kier alpha value is -0.880. The number of carbonyl (C=O) groups is 1. The van der Waals surface area contributed by atoms with E-state index in [1.165, 1.54) is 12.1 Å². The minimum Gasteiger partial charge on any atom is -0.311 e. The zero-order valence-electron chi connectivity index (χ0n) is 9.04. The molecule has 0 bridgehead atoms. The average molecular weight is 296 g/mol. The minimum atomic E-state index is -4.55. The number of alkyl halides is 3. The predicted molar refractivity (Wildman–Crippen MR) is 66.2 cm³/mol. The van der Waals surface area contributed by atoms with Gasteiger partial charge < -0.3 is 4.90 Å². The van der Waals surface area contributed by atoms with Crippen molar-refractivity contribution >= 4 is 35.8 Å². The lowest BCUT2D eigenvalue weighted by Gasteiger charge is -2.21. The molecule has 1 heterocycles. The quantitative estimate of drug-likeness (QED) is 0.788. The van der Waals surface area contributed by atoms with E-state index in [0.29, 0.717) is 0 Å². The second-order valence-corrected chi connectivity index (χ2v) is 5.19. The van der Waals surface area contributed by atoms with E-state index in [4.69, 9.17) is 11.6 Å². The Balaban J connectivity index is 2.48. The van der Waals surface area contributed by atoms with Crippen molar-refractivity contribution in [1.82, 2.24) is 0 Å². The molecule has 2 nitrogen and oxygen atoms in total. The van der Waals surface area contributed by atoms with E-state index in [2.05, 4.69) is 12.6 Å². The van der Waals surface area contributed by atoms with Gasteiger partial charge in [-0.05, 0) is 18.2 Å². The van der Waals surface area contributed by atoms with Gasteiger partial charge in [-0.15, -0.1) is 0 Å². The summed E-state index contributed by atoms with van der Waals surface area (Å²) in [6, 6.07) is 3.39. The summed E-state index contributed by atoms with van der Waals surface area (Å²) >= 11 is 9.69. The first kappa shape index (κ1) is 13.5. The van der Waals surface area contributed by atoms with Crippen LogP contribution in [0.3, 0.4) is 0 Å². The summed E-state index contributed by atoms with van der Waals surface area (Å²) in [6.45, 7) is 0.173. The molecule has 1 fully saturated rings. The molecule has 0 spiro atoms. The van der Waals surface area contributed by atoms with Crippen molar-refractivity contribution in [1.29, 1.82) is 0 Å². The third-order valence-electron chi connectivity index (χ3n) is 2.66. The zero-order chi connectivity index (χ0) is 13.5. The van der Waals surface area contributed by atoms with Crippen LogP contribution >= 0.6 is 24.2 Å². The van der Waals surface area contributed by atoms with Gasteiger partial charge in [0.1, 0.15) is 0 Å². The molecule has 1 aliphatic rings. The number of halogens is 4. The number of benzene rings is 1. The highest BCUT2D eigenvalue weighted by Gasteiger charge is 2.38. The van der Waals surface area contributed by atoms with Crippen LogP contribution in [0.5, 0.6) is 0 Å². The summed E-state index contributed by atoms with van der Waals surface area (Å²) in [7, 11) is 0. The normalized spacial score (nSPS) is 20.6. The second kappa shape index (κ2) is 4.66. The van der Waals surface area contributed by atoms with Crippen LogP contribution in [-0.4, -0.2) is 17.7 Å². The van der Waals surface area contributed by atoms with Crippen molar-refractivity contribution in [3.63, 3.8) is 0 Å². The number of hydrogen-bond acceptors (Lipinski definition) is 2. The van der Waals surface area contributed by atoms with Gasteiger partial charge in [0.15, 0.2) is 0 Å². The summed E-state index contributed by atoms with van der Waals surface area (Å²) in [5.74, 6) is -0.358. The molecule has 1 atom stereocenters. The third-order valence-corrected chi connectivity index (χ3v) is 3.24. The Kier molecular flexibility index (Phi) is 3.51. The van der Waals surface area contributed by atoms with Crippen molar-refractivity contribution in [2.75, 3.05) is 11.4 Å². The van der Waals surface area contributed by atoms with E-state index in [-0.39, 0.29) is 34.8 Å². The van der Waals surface area contributed by atoms with Gasteiger partial charge in [0, 0.05) is 23.2 Å². The molecule has 0 saturated carbocycles. The number of thiol groups is 1. The maximum absolute atomic E-state index is 12.9. The maximum atomic E-state index is 12.9. The number of amides is 1. The van der Waals surface area contributed by atoms with E-state index in [1.807, 2.05) is 0 Å². The topological polar surface area (TPSA) is 20.3 Å². The first-order valence-electron chi connectivity index (χ1n) is 5.14. The average Bonchev–Trinajstić information content (AvgIpc) is 2.56. The molecule has 0 N–H and O–H groups in total. The van der Waals surface area contributed by atoms with Crippen molar-refractivity contribution in [2.24, 2.45) is 0 Å². The van der Waals surface area contributed by atoms with E-state index >= 15 is 0 Å². The summed E-state index contributed by atoms with van der Waals surface area (Å²) in [4.78, 5) is 12.7. The Labute approximate surface area is 112 Å². The van der Waals surface area contributed by atoms with Crippen LogP contribution in [0, 0.1) is 0 Å². The molecule has 0 aliphatic carbocycles. The minimum absolute atomic E-state index is 0.0138. The molecule has 1 aromatic carbocycles. The van der Waals surface area contributed by atoms with Gasteiger partial charge in [0.2, 0.25) is 5.91 Å². The van der Waals surface area contributed by atoms with Crippen LogP contribution < -0.4 is 4.90 Å². The largest absolute Gasteiger partial charge is 0.418 e. The van der Waals surface area contributed by atoms with Gasteiger partial charge in [-0.25, -0.2) is 0 Å². The molecule has 18 heavy (non-hydrogen) atoms. The number of rotatable bonds is 1. The van der Waals surface area contributed by atoms with Gasteiger partial charge in [-0.3, -0.25) is 4.79 Å². The highest BCUT2D eigenvalue weighted by atomic mass is 35.5. The van der Waals surface area contributed by atoms with E-state index < -0.39 is 11.7 Å². The molecule has 1 aromatic rings. The van der Waals surface area contributed by atoms with Gasteiger partial charge in [-0.2, -0.15) is 25.8 Å². The molecule has 0 radical (unpaired) electrons. The molecule has 1 unspecified atom stereocenters. The molecule has 1 amide bonds.